The van der Waals surface area contributed by atoms with Gasteiger partial charge in [0.2, 0.25) is 0 Å². The third kappa shape index (κ3) is 4.64. The van der Waals surface area contributed by atoms with Crippen molar-refractivity contribution in [1.82, 2.24) is 14.9 Å². The average Bonchev–Trinajstić information content (AvgIpc) is 3.28. The quantitative estimate of drug-likeness (QED) is 0.383. The molecule has 0 fully saturated rings. The minimum atomic E-state index is 0.709. The zero-order chi connectivity index (χ0) is 20.9. The van der Waals surface area contributed by atoms with Crippen molar-refractivity contribution in [3.8, 4) is 17.1 Å². The number of H-pyrrole nitrogens is 1. The Bertz CT molecular complexity index is 1130. The fraction of sp³-hybridized carbons (Fsp3) is 0.222. The molecule has 1 aromatic heterocycles. The number of rotatable bonds is 7. The van der Waals surface area contributed by atoms with Gasteiger partial charge in [-0.05, 0) is 79.1 Å². The van der Waals surface area contributed by atoms with Crippen molar-refractivity contribution in [2.45, 2.75) is 19.3 Å². The van der Waals surface area contributed by atoms with Gasteiger partial charge in [-0.3, -0.25) is 0 Å². The normalized spacial score (nSPS) is 15.8. The summed E-state index contributed by atoms with van der Waals surface area (Å²) >= 11 is 0. The number of para-hydroxylation sites is 2. The Labute approximate surface area is 183 Å². The van der Waals surface area contributed by atoms with Crippen LogP contribution >= 0.6 is 0 Å². The largest absolute Gasteiger partial charge is 0.494 e. The third-order valence-electron chi connectivity index (χ3n) is 5.76. The lowest BCUT2D eigenvalue weighted by Gasteiger charge is -2.24. The topological polar surface area (TPSA) is 41.1 Å². The van der Waals surface area contributed by atoms with Crippen molar-refractivity contribution in [3.05, 3.63) is 96.3 Å². The highest BCUT2D eigenvalue weighted by Crippen LogP contribution is 2.24. The van der Waals surface area contributed by atoms with Gasteiger partial charge in [0.15, 0.2) is 0 Å². The summed E-state index contributed by atoms with van der Waals surface area (Å²) in [5.41, 5.74) is 5.93. The van der Waals surface area contributed by atoms with E-state index >= 15 is 0 Å². The first-order valence-corrected chi connectivity index (χ1v) is 11.0. The Kier molecular flexibility index (Phi) is 5.70. The molecule has 4 heteroatoms. The number of nitrogens with zero attached hydrogens (tertiary/aromatic N) is 2. The zero-order valence-electron chi connectivity index (χ0n) is 17.6. The van der Waals surface area contributed by atoms with Crippen molar-refractivity contribution in [3.63, 3.8) is 0 Å². The fourth-order valence-corrected chi connectivity index (χ4v) is 4.03. The van der Waals surface area contributed by atoms with Crippen molar-refractivity contribution in [1.29, 1.82) is 0 Å². The molecule has 1 N–H and O–H groups in total. The molecule has 2 aliphatic rings. The number of allylic oxidation sites excluding steroid dienone is 6. The van der Waals surface area contributed by atoms with Crippen molar-refractivity contribution in [2.24, 2.45) is 0 Å². The fourth-order valence-electron chi connectivity index (χ4n) is 4.03. The van der Waals surface area contributed by atoms with Crippen LogP contribution in [0.3, 0.4) is 0 Å². The van der Waals surface area contributed by atoms with Crippen LogP contribution in [0.5, 0.6) is 5.75 Å². The van der Waals surface area contributed by atoms with Crippen molar-refractivity contribution in [2.75, 3.05) is 19.7 Å². The molecular formula is C27H27N3O. The van der Waals surface area contributed by atoms with Crippen LogP contribution in [0.1, 0.15) is 19.3 Å². The van der Waals surface area contributed by atoms with E-state index in [0.717, 1.165) is 60.5 Å². The van der Waals surface area contributed by atoms with Crippen LogP contribution in [-0.2, 0) is 0 Å². The summed E-state index contributed by atoms with van der Waals surface area (Å²) < 4.78 is 5.95. The molecule has 0 atom stereocenters. The highest BCUT2D eigenvalue weighted by atomic mass is 16.5. The molecule has 2 aromatic carbocycles. The molecule has 0 spiro atoms. The number of imidazole rings is 1. The van der Waals surface area contributed by atoms with Gasteiger partial charge in [0.25, 0.3) is 0 Å². The Morgan fingerprint density at radius 3 is 2.68 bits per heavy atom. The standard InChI is InChI=1S/C27H27N3O/c1-2-7-21(8-3-1)22-15-18-30(19-16-22)17-6-20-31-24-13-11-23(12-14-24)27-28-25-9-4-5-10-26(25)29-27/h1-2,4-5,8-16,18H,3,6-7,17,19-20H2,(H,28,29). The van der Waals surface area contributed by atoms with Gasteiger partial charge in [-0.15, -0.1) is 0 Å². The maximum atomic E-state index is 5.95. The number of benzene rings is 2. The van der Waals surface area contributed by atoms with E-state index in [4.69, 9.17) is 4.74 Å². The molecular weight excluding hydrogens is 382 g/mol. The van der Waals surface area contributed by atoms with E-state index in [-0.39, 0.29) is 0 Å². The Hall–Kier alpha value is -3.53. The lowest BCUT2D eigenvalue weighted by Crippen LogP contribution is -2.22. The molecule has 4 nitrogen and oxygen atoms in total. The summed E-state index contributed by atoms with van der Waals surface area (Å²) in [6.07, 6.45) is 16.7. The summed E-state index contributed by atoms with van der Waals surface area (Å²) in [6.45, 7) is 2.68. The molecule has 3 aromatic rings. The van der Waals surface area contributed by atoms with Gasteiger partial charge in [0.05, 0.1) is 17.6 Å². The summed E-state index contributed by atoms with van der Waals surface area (Å²) in [4.78, 5) is 10.4. The van der Waals surface area contributed by atoms with Gasteiger partial charge in [-0.2, -0.15) is 0 Å². The lowest BCUT2D eigenvalue weighted by molar-refractivity contribution is 0.283. The molecule has 31 heavy (non-hydrogen) atoms. The molecule has 156 valence electrons. The van der Waals surface area contributed by atoms with Crippen LogP contribution in [0.2, 0.25) is 0 Å². The third-order valence-corrected chi connectivity index (χ3v) is 5.76. The summed E-state index contributed by atoms with van der Waals surface area (Å²) in [6, 6.07) is 16.2. The second kappa shape index (κ2) is 9.09. The minimum Gasteiger partial charge on any atom is -0.494 e. The van der Waals surface area contributed by atoms with Crippen molar-refractivity contribution < 1.29 is 4.74 Å². The number of fused-ring (bicyclic) bond motifs is 1. The summed E-state index contributed by atoms with van der Waals surface area (Å²) in [5, 5.41) is 0. The monoisotopic (exact) mass is 409 g/mol. The minimum absolute atomic E-state index is 0.709. The lowest BCUT2D eigenvalue weighted by atomic mass is 9.96. The van der Waals surface area contributed by atoms with Crippen molar-refractivity contribution >= 4 is 11.0 Å². The second-order valence-corrected chi connectivity index (χ2v) is 7.94. The van der Waals surface area contributed by atoms with Crippen LogP contribution in [0.4, 0.5) is 0 Å². The molecule has 0 unspecified atom stereocenters. The SMILES string of the molecule is C1=CCC(C2=CCN(CCCOc3ccc(-c4nc5ccccc5[nH]4)cc3)C=C2)=CC1. The van der Waals surface area contributed by atoms with Gasteiger partial charge < -0.3 is 14.6 Å². The number of hydrogen-bond donors (Lipinski definition) is 1. The first kappa shape index (κ1) is 19.4. The molecule has 1 aliphatic heterocycles. The Morgan fingerprint density at radius 1 is 1.00 bits per heavy atom. The van der Waals surface area contributed by atoms with Crippen LogP contribution in [0.15, 0.2) is 96.3 Å². The first-order valence-electron chi connectivity index (χ1n) is 11.0. The molecule has 1 aliphatic carbocycles. The van der Waals surface area contributed by atoms with E-state index in [0.29, 0.717) is 6.61 Å². The number of aromatic amines is 1. The van der Waals surface area contributed by atoms with Gasteiger partial charge >= 0.3 is 0 Å². The zero-order valence-corrected chi connectivity index (χ0v) is 17.6. The van der Waals surface area contributed by atoms with E-state index in [1.807, 2.05) is 36.4 Å². The van der Waals surface area contributed by atoms with Crippen LogP contribution in [0, 0.1) is 0 Å². The van der Waals surface area contributed by atoms with E-state index in [2.05, 4.69) is 63.6 Å². The smallest absolute Gasteiger partial charge is 0.138 e. The van der Waals surface area contributed by atoms with E-state index in [9.17, 15) is 0 Å². The Balaban J connectivity index is 1.08. The highest BCUT2D eigenvalue weighted by Gasteiger charge is 2.09. The number of aromatic nitrogens is 2. The molecule has 0 amide bonds. The maximum Gasteiger partial charge on any atom is 0.138 e. The molecule has 0 saturated carbocycles. The van der Waals surface area contributed by atoms with Crippen LogP contribution in [-0.4, -0.2) is 34.6 Å². The first-order chi connectivity index (χ1) is 15.3. The molecule has 2 heterocycles. The van der Waals surface area contributed by atoms with Gasteiger partial charge in [-0.25, -0.2) is 4.98 Å². The second-order valence-electron chi connectivity index (χ2n) is 7.94. The molecule has 5 rings (SSSR count). The average molecular weight is 410 g/mol. The molecule has 0 saturated heterocycles. The number of nitrogens with one attached hydrogen (secondary N) is 1. The summed E-state index contributed by atoms with van der Waals surface area (Å²) in [7, 11) is 0. The van der Waals surface area contributed by atoms with E-state index in [1.165, 1.54) is 11.1 Å². The van der Waals surface area contributed by atoms with Gasteiger partial charge in [0, 0.05) is 18.7 Å². The van der Waals surface area contributed by atoms with E-state index < -0.39 is 0 Å². The van der Waals surface area contributed by atoms with Gasteiger partial charge in [0.1, 0.15) is 11.6 Å². The van der Waals surface area contributed by atoms with Crippen LogP contribution in [0.25, 0.3) is 22.4 Å². The number of hydrogen-bond acceptors (Lipinski definition) is 3. The van der Waals surface area contributed by atoms with Crippen LogP contribution < -0.4 is 4.74 Å². The molecule has 0 radical (unpaired) electrons. The maximum absolute atomic E-state index is 5.95. The van der Waals surface area contributed by atoms with Gasteiger partial charge in [-0.1, -0.05) is 36.4 Å². The predicted molar refractivity (Wildman–Crippen MR) is 127 cm³/mol. The summed E-state index contributed by atoms with van der Waals surface area (Å²) in [5.74, 6) is 1.78. The Morgan fingerprint density at radius 2 is 1.90 bits per heavy atom. The number of ether oxygens (including phenoxy) is 1. The predicted octanol–water partition coefficient (Wildman–Crippen LogP) is 6.03. The highest BCUT2D eigenvalue weighted by molar-refractivity contribution is 5.79. The van der Waals surface area contributed by atoms with E-state index in [1.54, 1.807) is 0 Å². The molecule has 0 bridgehead atoms.